The van der Waals surface area contributed by atoms with E-state index >= 15 is 0 Å². The van der Waals surface area contributed by atoms with Crippen LogP contribution in [-0.4, -0.2) is 49.4 Å². The molecule has 1 aliphatic heterocycles. The molecule has 1 atom stereocenters. The normalized spacial score (nSPS) is 11.8. The van der Waals surface area contributed by atoms with E-state index in [-0.39, 0.29) is 31.8 Å². The maximum atomic E-state index is 12.8. The number of nitrogens with one attached hydrogen (secondary N) is 2. The monoisotopic (exact) mass is 523 g/mol. The van der Waals surface area contributed by atoms with Gasteiger partial charge in [-0.15, -0.1) is 0 Å². The van der Waals surface area contributed by atoms with Crippen LogP contribution < -0.4 is 21.1 Å². The van der Waals surface area contributed by atoms with Crippen molar-refractivity contribution < 1.29 is 28.7 Å². The summed E-state index contributed by atoms with van der Waals surface area (Å²) in [5, 5.41) is 5.41. The fourth-order valence-corrected chi connectivity index (χ4v) is 2.94. The topological polar surface area (TPSA) is 137 Å². The van der Waals surface area contributed by atoms with Crippen LogP contribution in [-0.2, 0) is 19.1 Å². The van der Waals surface area contributed by atoms with Gasteiger partial charge in [0.2, 0.25) is 5.91 Å². The van der Waals surface area contributed by atoms with Crippen molar-refractivity contribution in [2.24, 2.45) is 5.73 Å². The van der Waals surface area contributed by atoms with Gasteiger partial charge < -0.3 is 30.6 Å². The van der Waals surface area contributed by atoms with Gasteiger partial charge in [-0.1, -0.05) is 35.1 Å². The number of nitrogens with two attached hydrogens (primary N) is 1. The second kappa shape index (κ2) is 23.2. The number of aldehydes is 1. The number of benzene rings is 1. The van der Waals surface area contributed by atoms with Crippen molar-refractivity contribution in [2.75, 3.05) is 18.5 Å². The van der Waals surface area contributed by atoms with Crippen molar-refractivity contribution >= 4 is 35.3 Å². The standard InChI is InChI=1S/C21H29N3O5.C2H4O.2C2H6.CH4/c1-13(2)29-21(27)24-18(6-4-5-9-22)20(26)23-15-7-8-17-14(3)10-16(25)12-28-19(17)11-15;1-2-3;2*1-2;/h7-8,10-11,13,18H,4-6,9,12,22H2,1-3H3,(H,23,26)(H,24,27);2H,1H3;2*1-2H3;1H4. The number of fused-ring (bicyclic) bond motifs is 1. The highest BCUT2D eigenvalue weighted by Crippen LogP contribution is 2.31. The van der Waals surface area contributed by atoms with Gasteiger partial charge in [-0.25, -0.2) is 4.79 Å². The average Bonchev–Trinajstić information content (AvgIpc) is 2.98. The third-order valence-electron chi connectivity index (χ3n) is 4.32. The highest BCUT2D eigenvalue weighted by Gasteiger charge is 2.22. The maximum absolute atomic E-state index is 12.8. The van der Waals surface area contributed by atoms with Crippen LogP contribution in [0.3, 0.4) is 0 Å². The van der Waals surface area contributed by atoms with E-state index in [0.717, 1.165) is 23.8 Å². The van der Waals surface area contributed by atoms with Crippen molar-refractivity contribution in [3.05, 3.63) is 29.8 Å². The second-order valence-corrected chi connectivity index (χ2v) is 7.45. The second-order valence-electron chi connectivity index (χ2n) is 7.45. The van der Waals surface area contributed by atoms with E-state index < -0.39 is 12.1 Å². The molecular formula is C28H49N3O6. The Bertz CT molecular complexity index is 837. The van der Waals surface area contributed by atoms with E-state index in [1.165, 1.54) is 6.92 Å². The SMILES string of the molecule is C.CC.CC.CC1=CC(=O)COc2cc(NC(=O)C(CCCCN)NC(=O)OC(C)C)ccc21.CC=O. The molecule has 1 heterocycles. The first kappa shape index (κ1) is 38.3. The Morgan fingerprint density at radius 3 is 2.30 bits per heavy atom. The van der Waals surface area contributed by atoms with Crippen LogP contribution in [0.2, 0.25) is 0 Å². The number of carbonyl (C=O) groups excluding carboxylic acids is 4. The number of carbonyl (C=O) groups is 4. The minimum atomic E-state index is -0.754. The molecule has 2 rings (SSSR count). The van der Waals surface area contributed by atoms with E-state index in [1.807, 2.05) is 34.6 Å². The van der Waals surface area contributed by atoms with Crippen molar-refractivity contribution in [3.63, 3.8) is 0 Å². The van der Waals surface area contributed by atoms with Crippen molar-refractivity contribution in [2.45, 2.75) is 94.2 Å². The Hall–Kier alpha value is -3.20. The number of hydrogen-bond donors (Lipinski definition) is 3. The molecule has 0 saturated heterocycles. The minimum absolute atomic E-state index is 0. The molecule has 0 spiro atoms. The van der Waals surface area contributed by atoms with Gasteiger partial charge in [0, 0.05) is 17.3 Å². The summed E-state index contributed by atoms with van der Waals surface area (Å²) in [7, 11) is 0. The first-order chi connectivity index (χ1) is 17.2. The Kier molecular flexibility index (Phi) is 24.0. The van der Waals surface area contributed by atoms with Gasteiger partial charge in [-0.2, -0.15) is 0 Å². The summed E-state index contributed by atoms with van der Waals surface area (Å²) < 4.78 is 10.6. The van der Waals surface area contributed by atoms with Crippen molar-refractivity contribution in [3.8, 4) is 5.75 Å². The first-order valence-electron chi connectivity index (χ1n) is 12.6. The molecule has 4 N–H and O–H groups in total. The van der Waals surface area contributed by atoms with Crippen LogP contribution >= 0.6 is 0 Å². The van der Waals surface area contributed by atoms with Gasteiger partial charge in [0.15, 0.2) is 12.4 Å². The third-order valence-corrected chi connectivity index (χ3v) is 4.32. The summed E-state index contributed by atoms with van der Waals surface area (Å²) >= 11 is 0. The van der Waals surface area contributed by atoms with E-state index in [9.17, 15) is 14.4 Å². The zero-order valence-corrected chi connectivity index (χ0v) is 23.1. The third kappa shape index (κ3) is 16.2. The van der Waals surface area contributed by atoms with Crippen LogP contribution in [0.5, 0.6) is 5.75 Å². The van der Waals surface area contributed by atoms with Crippen LogP contribution in [0, 0.1) is 0 Å². The summed E-state index contributed by atoms with van der Waals surface area (Å²) in [5.41, 5.74) is 7.64. The number of ether oxygens (including phenoxy) is 2. The van der Waals surface area contributed by atoms with Crippen molar-refractivity contribution in [1.82, 2.24) is 5.32 Å². The van der Waals surface area contributed by atoms with Gasteiger partial charge >= 0.3 is 6.09 Å². The van der Waals surface area contributed by atoms with E-state index in [4.69, 9.17) is 20.0 Å². The number of hydrogen-bond acceptors (Lipinski definition) is 7. The van der Waals surface area contributed by atoms with Gasteiger partial charge in [0.1, 0.15) is 18.1 Å². The maximum Gasteiger partial charge on any atom is 0.408 e. The number of unbranched alkanes of at least 4 members (excludes halogenated alkanes) is 1. The molecular weight excluding hydrogens is 474 g/mol. The van der Waals surface area contributed by atoms with Gasteiger partial charge in [-0.05, 0) is 77.3 Å². The Balaban J connectivity index is -0.00000131. The quantitative estimate of drug-likeness (QED) is 0.301. The molecule has 0 saturated carbocycles. The number of alkyl carbamates (subject to hydrolysis) is 1. The summed E-state index contributed by atoms with van der Waals surface area (Å²) in [6.45, 7) is 15.2. The number of ketones is 1. The minimum Gasteiger partial charge on any atom is -0.485 e. The first-order valence-corrected chi connectivity index (χ1v) is 12.6. The predicted molar refractivity (Wildman–Crippen MR) is 152 cm³/mol. The fourth-order valence-electron chi connectivity index (χ4n) is 2.94. The lowest BCUT2D eigenvalue weighted by molar-refractivity contribution is -0.118. The largest absolute Gasteiger partial charge is 0.485 e. The molecule has 0 aliphatic carbocycles. The molecule has 0 fully saturated rings. The lowest BCUT2D eigenvalue weighted by Gasteiger charge is -2.19. The molecule has 0 radical (unpaired) electrons. The molecule has 9 nitrogen and oxygen atoms in total. The summed E-state index contributed by atoms with van der Waals surface area (Å²) in [6.07, 6.45) is 3.24. The van der Waals surface area contributed by atoms with Crippen LogP contribution in [0.25, 0.3) is 5.57 Å². The van der Waals surface area contributed by atoms with Gasteiger partial charge in [-0.3, -0.25) is 9.59 Å². The molecule has 1 aromatic rings. The number of rotatable bonds is 8. The molecule has 1 unspecified atom stereocenters. The number of allylic oxidation sites excluding steroid dienone is 1. The fraction of sp³-hybridized carbons (Fsp3) is 0.571. The molecule has 2 amide bonds. The zero-order chi connectivity index (χ0) is 28.1. The van der Waals surface area contributed by atoms with Crippen molar-refractivity contribution in [1.29, 1.82) is 0 Å². The van der Waals surface area contributed by atoms with Gasteiger partial charge in [0.25, 0.3) is 0 Å². The molecule has 1 aliphatic rings. The average molecular weight is 524 g/mol. The van der Waals surface area contributed by atoms with E-state index in [0.29, 0.717) is 30.8 Å². The van der Waals surface area contributed by atoms with Crippen LogP contribution in [0.1, 0.15) is 87.6 Å². The Morgan fingerprint density at radius 2 is 1.76 bits per heavy atom. The molecule has 37 heavy (non-hydrogen) atoms. The number of anilines is 1. The van der Waals surface area contributed by atoms with E-state index in [2.05, 4.69) is 10.6 Å². The molecule has 9 heteroatoms. The van der Waals surface area contributed by atoms with E-state index in [1.54, 1.807) is 38.1 Å². The molecule has 0 aromatic heterocycles. The lowest BCUT2D eigenvalue weighted by Crippen LogP contribution is -2.44. The molecule has 1 aromatic carbocycles. The summed E-state index contributed by atoms with van der Waals surface area (Å²) in [5.74, 6) is 0.0472. The van der Waals surface area contributed by atoms with Gasteiger partial charge in [0.05, 0.1) is 6.10 Å². The smallest absolute Gasteiger partial charge is 0.408 e. The molecule has 0 bridgehead atoms. The number of amides is 2. The van der Waals surface area contributed by atoms with Crippen LogP contribution in [0.4, 0.5) is 10.5 Å². The molecule has 212 valence electrons. The summed E-state index contributed by atoms with van der Waals surface area (Å²) in [4.78, 5) is 45.2. The lowest BCUT2D eigenvalue weighted by atomic mass is 10.0. The predicted octanol–water partition coefficient (Wildman–Crippen LogP) is 5.52. The highest BCUT2D eigenvalue weighted by molar-refractivity contribution is 6.00. The zero-order valence-electron chi connectivity index (χ0n) is 23.1. The Labute approximate surface area is 223 Å². The Morgan fingerprint density at radius 1 is 1.16 bits per heavy atom. The summed E-state index contributed by atoms with van der Waals surface area (Å²) in [6, 6.07) is 4.44. The highest BCUT2D eigenvalue weighted by atomic mass is 16.6. The van der Waals surface area contributed by atoms with Crippen LogP contribution in [0.15, 0.2) is 24.3 Å².